The number of urea groups is 1. The smallest absolute Gasteiger partial charge is 0.328 e. The van der Waals surface area contributed by atoms with Crippen molar-refractivity contribution in [2.75, 3.05) is 38.0 Å². The minimum absolute atomic E-state index is 0.161. The molecule has 184 valence electrons. The van der Waals surface area contributed by atoms with Crippen LogP contribution in [0.3, 0.4) is 0 Å². The van der Waals surface area contributed by atoms with Gasteiger partial charge >= 0.3 is 11.7 Å². The predicted molar refractivity (Wildman–Crippen MR) is 133 cm³/mol. The maximum atomic E-state index is 12.6. The number of carbonyl (C=O) groups excluding carboxylic acids is 1. The molecule has 34 heavy (non-hydrogen) atoms. The Labute approximate surface area is 200 Å². The maximum absolute atomic E-state index is 12.6. The number of piperazine rings is 1. The van der Waals surface area contributed by atoms with E-state index < -0.39 is 5.69 Å². The first-order chi connectivity index (χ1) is 16.4. The van der Waals surface area contributed by atoms with Crippen LogP contribution in [0, 0.1) is 0 Å². The summed E-state index contributed by atoms with van der Waals surface area (Å²) < 4.78 is 1.47. The van der Waals surface area contributed by atoms with Crippen molar-refractivity contribution >= 4 is 11.8 Å². The lowest BCUT2D eigenvalue weighted by Gasteiger charge is -2.38. The highest BCUT2D eigenvalue weighted by Crippen LogP contribution is 2.23. The third-order valence-corrected chi connectivity index (χ3v) is 6.72. The fraction of sp³-hybridized carbons (Fsp3) is 0.542. The molecule has 4 rings (SSSR count). The number of carbonyl (C=O) groups is 1. The third kappa shape index (κ3) is 6.01. The van der Waals surface area contributed by atoms with Gasteiger partial charge in [0.05, 0.1) is 5.69 Å². The lowest BCUT2D eigenvalue weighted by Crippen LogP contribution is -2.48. The van der Waals surface area contributed by atoms with Gasteiger partial charge in [0.15, 0.2) is 0 Å². The highest BCUT2D eigenvalue weighted by atomic mass is 16.2. The molecule has 0 bridgehead atoms. The zero-order valence-corrected chi connectivity index (χ0v) is 19.8. The first-order valence-corrected chi connectivity index (χ1v) is 12.1. The standard InChI is InChI=1S/C24H36N8O2/c1-2-30(21-14-18(25)13-19(26)15-21)16-17-3-5-20(6-4-17)32-10-7-22(29-24(32)34)28-23(33)31-11-8-27-9-12-31/h3-7,10,18-19,21,27H,2,8-9,11-16,25-26H2,1H3,(H,28,29,33,34)/t18-,19+,21?. The molecule has 2 aliphatic rings. The Bertz CT molecular complexity index is 1010. The SMILES string of the molecule is CCN(Cc1ccc(-n2ccc(NC(=O)N3CCNCC3)nc2=O)cc1)C1C[C@@H](N)C[C@@H](N)C1. The van der Waals surface area contributed by atoms with Crippen molar-refractivity contribution < 1.29 is 4.79 Å². The van der Waals surface area contributed by atoms with Gasteiger partial charge in [-0.25, -0.2) is 9.59 Å². The molecule has 1 saturated heterocycles. The Kier molecular flexibility index (Phi) is 7.94. The predicted octanol–water partition coefficient (Wildman–Crippen LogP) is 0.699. The number of nitrogens with zero attached hydrogens (tertiary/aromatic N) is 4. The van der Waals surface area contributed by atoms with Crippen LogP contribution in [0.25, 0.3) is 5.69 Å². The minimum Gasteiger partial charge on any atom is -0.328 e. The second kappa shape index (κ2) is 11.1. The molecule has 1 aromatic heterocycles. The Hall–Kier alpha value is -2.79. The largest absolute Gasteiger partial charge is 0.354 e. The van der Waals surface area contributed by atoms with Gasteiger partial charge in [0, 0.05) is 57.0 Å². The summed E-state index contributed by atoms with van der Waals surface area (Å²) in [6, 6.07) is 10.0. The summed E-state index contributed by atoms with van der Waals surface area (Å²) in [7, 11) is 0. The molecule has 1 saturated carbocycles. The molecule has 2 heterocycles. The molecule has 1 aromatic carbocycles. The number of anilines is 1. The first kappa shape index (κ1) is 24.3. The maximum Gasteiger partial charge on any atom is 0.354 e. The van der Waals surface area contributed by atoms with Gasteiger partial charge in [-0.15, -0.1) is 0 Å². The van der Waals surface area contributed by atoms with E-state index in [0.717, 1.165) is 51.1 Å². The fourth-order valence-corrected chi connectivity index (χ4v) is 4.90. The summed E-state index contributed by atoms with van der Waals surface area (Å²) in [5, 5.41) is 5.92. The lowest BCUT2D eigenvalue weighted by atomic mass is 9.87. The number of hydrogen-bond acceptors (Lipinski definition) is 7. The van der Waals surface area contributed by atoms with Gasteiger partial charge in [-0.3, -0.25) is 14.8 Å². The molecule has 0 spiro atoms. The van der Waals surface area contributed by atoms with Crippen LogP contribution in [0.5, 0.6) is 0 Å². The van der Waals surface area contributed by atoms with Gasteiger partial charge in [0.2, 0.25) is 0 Å². The summed E-state index contributed by atoms with van der Waals surface area (Å²) >= 11 is 0. The molecular weight excluding hydrogens is 432 g/mol. The fourth-order valence-electron chi connectivity index (χ4n) is 4.90. The second-order valence-electron chi connectivity index (χ2n) is 9.24. The van der Waals surface area contributed by atoms with E-state index >= 15 is 0 Å². The van der Waals surface area contributed by atoms with Crippen molar-refractivity contribution in [1.82, 2.24) is 24.7 Å². The Morgan fingerprint density at radius 1 is 1.12 bits per heavy atom. The number of benzene rings is 1. The molecule has 2 fully saturated rings. The van der Waals surface area contributed by atoms with Crippen LogP contribution >= 0.6 is 0 Å². The highest BCUT2D eigenvalue weighted by molar-refractivity contribution is 5.88. The van der Waals surface area contributed by atoms with Crippen LogP contribution in [0.15, 0.2) is 41.3 Å². The van der Waals surface area contributed by atoms with Crippen molar-refractivity contribution in [3.63, 3.8) is 0 Å². The normalized spacial score (nSPS) is 23.2. The summed E-state index contributed by atoms with van der Waals surface area (Å²) in [5.74, 6) is 0.254. The van der Waals surface area contributed by atoms with Gasteiger partial charge in [-0.2, -0.15) is 4.98 Å². The summed E-state index contributed by atoms with van der Waals surface area (Å²) in [4.78, 5) is 33.2. The summed E-state index contributed by atoms with van der Waals surface area (Å²) in [6.07, 6.45) is 4.47. The van der Waals surface area contributed by atoms with Crippen LogP contribution in [0.1, 0.15) is 31.7 Å². The van der Waals surface area contributed by atoms with E-state index in [1.54, 1.807) is 17.2 Å². The average Bonchev–Trinajstić information content (AvgIpc) is 2.83. The monoisotopic (exact) mass is 468 g/mol. The van der Waals surface area contributed by atoms with Crippen LogP contribution in [-0.2, 0) is 6.54 Å². The van der Waals surface area contributed by atoms with Gasteiger partial charge in [0.25, 0.3) is 0 Å². The molecular formula is C24H36N8O2. The molecule has 2 amide bonds. The van der Waals surface area contributed by atoms with Crippen LogP contribution < -0.4 is 27.8 Å². The van der Waals surface area contributed by atoms with E-state index in [-0.39, 0.29) is 23.9 Å². The van der Waals surface area contributed by atoms with Crippen LogP contribution in [0.2, 0.25) is 0 Å². The van der Waals surface area contributed by atoms with Crippen molar-refractivity contribution in [2.45, 2.75) is 50.9 Å². The van der Waals surface area contributed by atoms with Crippen LogP contribution in [0.4, 0.5) is 10.6 Å². The number of amides is 2. The quantitative estimate of drug-likeness (QED) is 0.490. The van der Waals surface area contributed by atoms with E-state index in [2.05, 4.69) is 27.4 Å². The Morgan fingerprint density at radius 2 is 1.79 bits per heavy atom. The third-order valence-electron chi connectivity index (χ3n) is 6.72. The number of rotatable bonds is 6. The molecule has 6 N–H and O–H groups in total. The topological polar surface area (TPSA) is 135 Å². The highest BCUT2D eigenvalue weighted by Gasteiger charge is 2.28. The molecule has 1 unspecified atom stereocenters. The van der Waals surface area contributed by atoms with E-state index in [1.807, 2.05) is 24.3 Å². The first-order valence-electron chi connectivity index (χ1n) is 12.1. The van der Waals surface area contributed by atoms with Crippen molar-refractivity contribution in [3.05, 3.63) is 52.6 Å². The summed E-state index contributed by atoms with van der Waals surface area (Å²) in [5.41, 5.74) is 13.9. The molecule has 10 heteroatoms. The van der Waals surface area contributed by atoms with Crippen molar-refractivity contribution in [1.29, 1.82) is 0 Å². The van der Waals surface area contributed by atoms with Crippen LogP contribution in [-0.4, -0.2) is 76.2 Å². The Balaban J connectivity index is 1.40. The molecule has 2 aromatic rings. The van der Waals surface area contributed by atoms with Crippen molar-refractivity contribution in [2.24, 2.45) is 11.5 Å². The zero-order chi connectivity index (χ0) is 24.1. The Morgan fingerprint density at radius 3 is 2.41 bits per heavy atom. The molecule has 0 radical (unpaired) electrons. The number of hydrogen-bond donors (Lipinski definition) is 4. The van der Waals surface area contributed by atoms with E-state index in [9.17, 15) is 9.59 Å². The number of nitrogens with two attached hydrogens (primary N) is 2. The molecule has 1 aliphatic heterocycles. The van der Waals surface area contributed by atoms with Gasteiger partial charge < -0.3 is 21.7 Å². The molecule has 3 atom stereocenters. The lowest BCUT2D eigenvalue weighted by molar-refractivity contribution is 0.137. The number of nitrogens with one attached hydrogen (secondary N) is 2. The summed E-state index contributed by atoms with van der Waals surface area (Å²) in [6.45, 7) is 6.68. The van der Waals surface area contributed by atoms with Gasteiger partial charge in [0.1, 0.15) is 5.82 Å². The molecule has 1 aliphatic carbocycles. The van der Waals surface area contributed by atoms with E-state index in [4.69, 9.17) is 11.5 Å². The molecule has 10 nitrogen and oxygen atoms in total. The van der Waals surface area contributed by atoms with Gasteiger partial charge in [-0.05, 0) is 49.6 Å². The van der Waals surface area contributed by atoms with E-state index in [1.165, 1.54) is 10.1 Å². The number of aromatic nitrogens is 2. The van der Waals surface area contributed by atoms with Crippen molar-refractivity contribution in [3.8, 4) is 5.69 Å². The second-order valence-corrected chi connectivity index (χ2v) is 9.24. The average molecular weight is 469 g/mol. The zero-order valence-electron chi connectivity index (χ0n) is 19.8. The van der Waals surface area contributed by atoms with Gasteiger partial charge in [-0.1, -0.05) is 19.1 Å². The minimum atomic E-state index is -0.439. The van der Waals surface area contributed by atoms with E-state index in [0.29, 0.717) is 19.1 Å².